The molecule has 0 unspecified atom stereocenters. The fraction of sp³-hybridized carbons (Fsp3) is 0.0952. The highest BCUT2D eigenvalue weighted by Crippen LogP contribution is 2.28. The molecule has 0 N–H and O–H groups in total. The summed E-state index contributed by atoms with van der Waals surface area (Å²) in [6.07, 6.45) is 0. The second kappa shape index (κ2) is 8.34. The Hall–Kier alpha value is -3.01. The molecule has 0 radical (unpaired) electrons. The van der Waals surface area contributed by atoms with Crippen LogP contribution in [0.5, 0.6) is 11.5 Å². The summed E-state index contributed by atoms with van der Waals surface area (Å²) in [4.78, 5) is -0.103. The maximum Gasteiger partial charge on any atom is 0.340 e. The molecule has 0 spiro atoms. The van der Waals surface area contributed by atoms with E-state index in [9.17, 15) is 8.42 Å². The van der Waals surface area contributed by atoms with Gasteiger partial charge in [0.1, 0.15) is 23.0 Å². The molecular formula is C21H16ClNO4S. The fourth-order valence-electron chi connectivity index (χ4n) is 2.56. The second-order valence-electron chi connectivity index (χ2n) is 6.05. The molecule has 0 aromatic heterocycles. The van der Waals surface area contributed by atoms with Crippen LogP contribution < -0.4 is 8.92 Å². The van der Waals surface area contributed by atoms with Crippen LogP contribution in [0, 0.1) is 18.3 Å². The third-order valence-electron chi connectivity index (χ3n) is 3.80. The van der Waals surface area contributed by atoms with Gasteiger partial charge in [0.2, 0.25) is 0 Å². The fourth-order valence-corrected chi connectivity index (χ4v) is 3.97. The van der Waals surface area contributed by atoms with Gasteiger partial charge in [0, 0.05) is 6.07 Å². The van der Waals surface area contributed by atoms with Crippen LogP contribution >= 0.6 is 11.6 Å². The summed E-state index contributed by atoms with van der Waals surface area (Å²) < 4.78 is 36.0. The van der Waals surface area contributed by atoms with Crippen LogP contribution in [0.3, 0.4) is 0 Å². The van der Waals surface area contributed by atoms with Crippen LogP contribution in [0.1, 0.15) is 16.7 Å². The van der Waals surface area contributed by atoms with E-state index in [1.165, 1.54) is 18.2 Å². The molecule has 7 heteroatoms. The molecule has 0 saturated heterocycles. The molecule has 3 aromatic rings. The average molecular weight is 414 g/mol. The van der Waals surface area contributed by atoms with Crippen molar-refractivity contribution >= 4 is 21.7 Å². The van der Waals surface area contributed by atoms with Crippen LogP contribution in [0.2, 0.25) is 5.02 Å². The number of ether oxygens (including phenoxy) is 1. The zero-order chi connectivity index (χ0) is 20.1. The normalized spacial score (nSPS) is 10.9. The number of aryl methyl sites for hydroxylation is 1. The first kappa shape index (κ1) is 19.7. The summed E-state index contributed by atoms with van der Waals surface area (Å²) >= 11 is 5.97. The molecule has 0 aliphatic heterocycles. The van der Waals surface area contributed by atoms with E-state index in [-0.39, 0.29) is 22.3 Å². The first-order valence-electron chi connectivity index (χ1n) is 8.30. The third kappa shape index (κ3) is 4.83. The van der Waals surface area contributed by atoms with Crippen LogP contribution in [-0.2, 0) is 16.7 Å². The van der Waals surface area contributed by atoms with Crippen molar-refractivity contribution in [3.05, 3.63) is 88.4 Å². The van der Waals surface area contributed by atoms with Crippen molar-refractivity contribution in [3.8, 4) is 17.6 Å². The van der Waals surface area contributed by atoms with E-state index < -0.39 is 10.1 Å². The minimum atomic E-state index is -4.08. The predicted molar refractivity (Wildman–Crippen MR) is 106 cm³/mol. The highest BCUT2D eigenvalue weighted by atomic mass is 35.5. The molecule has 142 valence electrons. The average Bonchev–Trinajstić information content (AvgIpc) is 2.66. The van der Waals surface area contributed by atoms with Gasteiger partial charge in [-0.25, -0.2) is 0 Å². The van der Waals surface area contributed by atoms with Gasteiger partial charge in [-0.05, 0) is 54.4 Å². The first-order valence-corrected chi connectivity index (χ1v) is 10.1. The summed E-state index contributed by atoms with van der Waals surface area (Å²) in [6, 6.07) is 20.1. The summed E-state index contributed by atoms with van der Waals surface area (Å²) in [7, 11) is -4.08. The lowest BCUT2D eigenvalue weighted by molar-refractivity contribution is 0.305. The lowest BCUT2D eigenvalue weighted by Gasteiger charge is -2.12. The highest BCUT2D eigenvalue weighted by Gasteiger charge is 2.20. The number of hydrogen-bond donors (Lipinski definition) is 0. The third-order valence-corrected chi connectivity index (χ3v) is 5.55. The van der Waals surface area contributed by atoms with E-state index in [2.05, 4.69) is 6.07 Å². The predicted octanol–water partition coefficient (Wildman–Crippen LogP) is 4.87. The number of halogens is 1. The topological polar surface area (TPSA) is 76.4 Å². The Balaban J connectivity index is 1.80. The van der Waals surface area contributed by atoms with Crippen LogP contribution in [0.4, 0.5) is 0 Å². The van der Waals surface area contributed by atoms with Crippen LogP contribution in [0.25, 0.3) is 0 Å². The first-order chi connectivity index (χ1) is 13.4. The molecular weight excluding hydrogens is 398 g/mol. The van der Waals surface area contributed by atoms with Crippen molar-refractivity contribution in [2.24, 2.45) is 0 Å². The van der Waals surface area contributed by atoms with Crippen molar-refractivity contribution in [1.29, 1.82) is 5.26 Å². The van der Waals surface area contributed by atoms with Gasteiger partial charge >= 0.3 is 10.1 Å². The van der Waals surface area contributed by atoms with E-state index >= 15 is 0 Å². The monoisotopic (exact) mass is 413 g/mol. The summed E-state index contributed by atoms with van der Waals surface area (Å²) in [6.45, 7) is 2.04. The molecule has 0 heterocycles. The lowest BCUT2D eigenvalue weighted by Crippen LogP contribution is -2.10. The molecule has 0 saturated carbocycles. The highest BCUT2D eigenvalue weighted by molar-refractivity contribution is 7.87. The van der Waals surface area contributed by atoms with Crippen molar-refractivity contribution in [2.45, 2.75) is 18.4 Å². The van der Waals surface area contributed by atoms with E-state index in [1.807, 2.05) is 6.07 Å². The van der Waals surface area contributed by atoms with Gasteiger partial charge in [-0.3, -0.25) is 0 Å². The Kier molecular flexibility index (Phi) is 5.88. The SMILES string of the molecule is Cc1cc(OCc2cccc(C#N)c2)cc(OS(=O)(=O)c2ccccc2Cl)c1. The minimum absolute atomic E-state index is 0.0870. The Morgan fingerprint density at radius 2 is 1.75 bits per heavy atom. The van der Waals surface area contributed by atoms with Gasteiger partial charge < -0.3 is 8.92 Å². The van der Waals surface area contributed by atoms with Crippen molar-refractivity contribution in [1.82, 2.24) is 0 Å². The van der Waals surface area contributed by atoms with Gasteiger partial charge in [0.05, 0.1) is 16.7 Å². The maximum absolute atomic E-state index is 12.5. The minimum Gasteiger partial charge on any atom is -0.489 e. The number of rotatable bonds is 6. The quantitative estimate of drug-likeness (QED) is 0.539. The summed E-state index contributed by atoms with van der Waals surface area (Å²) in [5.41, 5.74) is 2.14. The van der Waals surface area contributed by atoms with Gasteiger partial charge in [-0.15, -0.1) is 0 Å². The van der Waals surface area contributed by atoms with Crippen molar-refractivity contribution in [2.75, 3.05) is 0 Å². The zero-order valence-corrected chi connectivity index (χ0v) is 16.5. The van der Waals surface area contributed by atoms with Gasteiger partial charge in [0.25, 0.3) is 0 Å². The Labute approximate surface area is 168 Å². The molecule has 0 bridgehead atoms. The van der Waals surface area contributed by atoms with Crippen LogP contribution in [-0.4, -0.2) is 8.42 Å². The number of nitrogens with zero attached hydrogens (tertiary/aromatic N) is 1. The molecule has 3 aromatic carbocycles. The Morgan fingerprint density at radius 1 is 1.00 bits per heavy atom. The van der Waals surface area contributed by atoms with Gasteiger partial charge in [-0.1, -0.05) is 35.9 Å². The smallest absolute Gasteiger partial charge is 0.340 e. The Morgan fingerprint density at radius 3 is 2.50 bits per heavy atom. The largest absolute Gasteiger partial charge is 0.489 e. The van der Waals surface area contributed by atoms with E-state index in [0.717, 1.165) is 11.1 Å². The lowest BCUT2D eigenvalue weighted by atomic mass is 10.1. The number of hydrogen-bond acceptors (Lipinski definition) is 5. The standard InChI is InChI=1S/C21H16ClNO4S/c1-15-9-18(26-14-17-6-4-5-16(11-17)13-23)12-19(10-15)27-28(24,25)21-8-3-2-7-20(21)22/h2-12H,14H2,1H3. The molecule has 28 heavy (non-hydrogen) atoms. The van der Waals surface area contributed by atoms with Gasteiger partial charge in [-0.2, -0.15) is 13.7 Å². The molecule has 0 aliphatic rings. The zero-order valence-electron chi connectivity index (χ0n) is 14.9. The maximum atomic E-state index is 12.5. The number of benzene rings is 3. The van der Waals surface area contributed by atoms with Gasteiger partial charge in [0.15, 0.2) is 0 Å². The van der Waals surface area contributed by atoms with Crippen molar-refractivity contribution < 1.29 is 17.3 Å². The van der Waals surface area contributed by atoms with Crippen LogP contribution in [0.15, 0.2) is 71.6 Å². The molecule has 0 amide bonds. The molecule has 5 nitrogen and oxygen atoms in total. The van der Waals surface area contributed by atoms with E-state index in [4.69, 9.17) is 25.8 Å². The summed E-state index contributed by atoms with van der Waals surface area (Å²) in [5, 5.41) is 9.06. The van der Waals surface area contributed by atoms with E-state index in [0.29, 0.717) is 11.3 Å². The summed E-state index contributed by atoms with van der Waals surface area (Å²) in [5.74, 6) is 0.576. The molecule has 0 fully saturated rings. The molecule has 3 rings (SSSR count). The Bertz CT molecular complexity index is 1150. The van der Waals surface area contributed by atoms with E-state index in [1.54, 1.807) is 49.4 Å². The molecule has 0 atom stereocenters. The van der Waals surface area contributed by atoms with Crippen molar-refractivity contribution in [3.63, 3.8) is 0 Å². The second-order valence-corrected chi connectivity index (χ2v) is 7.97. The number of nitriles is 1. The molecule has 0 aliphatic carbocycles.